The van der Waals surface area contributed by atoms with Crippen molar-refractivity contribution in [2.45, 2.75) is 13.8 Å². The van der Waals surface area contributed by atoms with Gasteiger partial charge in [0.1, 0.15) is 11.3 Å². The van der Waals surface area contributed by atoms with E-state index < -0.39 is 5.97 Å². The van der Waals surface area contributed by atoms with Crippen LogP contribution >= 0.6 is 0 Å². The highest BCUT2D eigenvalue weighted by atomic mass is 16.4. The van der Waals surface area contributed by atoms with E-state index in [4.69, 9.17) is 5.11 Å². The molecule has 2 N–H and O–H groups in total. The van der Waals surface area contributed by atoms with E-state index in [0.717, 1.165) is 11.3 Å². The molecule has 88 valence electrons. The van der Waals surface area contributed by atoms with E-state index in [-0.39, 0.29) is 11.3 Å². The topological polar surface area (TPSA) is 75.3 Å². The molecule has 1 aromatic carbocycles. The fraction of sp³-hybridized carbons (Fsp3) is 0.167. The number of nitrogens with zero attached hydrogens (tertiary/aromatic N) is 2. The predicted octanol–water partition coefficient (Wildman–Crippen LogP) is 1.89. The Hall–Kier alpha value is -2.30. The molecule has 2 aromatic rings. The lowest BCUT2D eigenvalue weighted by Crippen LogP contribution is -2.03. The molecule has 0 spiro atoms. The van der Waals surface area contributed by atoms with Crippen LogP contribution in [0, 0.1) is 13.8 Å². The van der Waals surface area contributed by atoms with Crippen molar-refractivity contribution in [1.29, 1.82) is 0 Å². The van der Waals surface area contributed by atoms with Gasteiger partial charge in [0, 0.05) is 0 Å². The third kappa shape index (κ3) is 1.87. The van der Waals surface area contributed by atoms with Crippen molar-refractivity contribution in [3.05, 3.63) is 41.2 Å². The van der Waals surface area contributed by atoms with Crippen LogP contribution in [0.4, 0.5) is 0 Å². The molecule has 0 saturated heterocycles. The molecule has 0 unspecified atom stereocenters. The summed E-state index contributed by atoms with van der Waals surface area (Å²) in [5, 5.41) is 22.3. The average Bonchev–Trinajstić information content (AvgIpc) is 2.60. The zero-order valence-electron chi connectivity index (χ0n) is 9.51. The number of hydrogen-bond donors (Lipinski definition) is 2. The molecule has 5 nitrogen and oxygen atoms in total. The molecular weight excluding hydrogens is 220 g/mol. The molecule has 0 atom stereocenters. The third-order valence-corrected chi connectivity index (χ3v) is 2.65. The van der Waals surface area contributed by atoms with Gasteiger partial charge in [-0.25, -0.2) is 9.48 Å². The minimum absolute atomic E-state index is 0.175. The second-order valence-electron chi connectivity index (χ2n) is 3.83. The molecule has 0 aliphatic rings. The van der Waals surface area contributed by atoms with Crippen molar-refractivity contribution in [3.8, 4) is 11.4 Å². The molecule has 2 rings (SSSR count). The summed E-state index contributed by atoms with van der Waals surface area (Å²) in [6.45, 7) is 3.53. The van der Waals surface area contributed by atoms with E-state index in [2.05, 4.69) is 5.10 Å². The van der Waals surface area contributed by atoms with Gasteiger partial charge in [0.05, 0.1) is 17.6 Å². The fourth-order valence-electron chi connectivity index (χ4n) is 1.74. The summed E-state index contributed by atoms with van der Waals surface area (Å²) in [6, 6.07) is 4.86. The van der Waals surface area contributed by atoms with Gasteiger partial charge in [0.2, 0.25) is 0 Å². The number of aromatic hydroxyl groups is 1. The van der Waals surface area contributed by atoms with Crippen LogP contribution in [0.3, 0.4) is 0 Å². The number of benzene rings is 1. The highest BCUT2D eigenvalue weighted by Gasteiger charge is 2.14. The first-order valence-corrected chi connectivity index (χ1v) is 5.08. The number of phenolic OH excluding ortho intramolecular Hbond substituents is 1. The summed E-state index contributed by atoms with van der Waals surface area (Å²) in [5.41, 5.74) is 2.32. The monoisotopic (exact) mass is 232 g/mol. The quantitative estimate of drug-likeness (QED) is 0.829. The highest BCUT2D eigenvalue weighted by molar-refractivity contribution is 5.88. The summed E-state index contributed by atoms with van der Waals surface area (Å²) in [6.07, 6.45) is 1.32. The molecule has 1 heterocycles. The largest absolute Gasteiger partial charge is 0.508 e. The van der Waals surface area contributed by atoms with Crippen LogP contribution in [0.5, 0.6) is 5.75 Å². The Morgan fingerprint density at radius 3 is 2.59 bits per heavy atom. The molecule has 0 saturated carbocycles. The third-order valence-electron chi connectivity index (χ3n) is 2.65. The minimum atomic E-state index is -0.995. The van der Waals surface area contributed by atoms with Gasteiger partial charge >= 0.3 is 5.97 Å². The van der Waals surface area contributed by atoms with Gasteiger partial charge in [0.25, 0.3) is 0 Å². The maximum absolute atomic E-state index is 10.9. The van der Waals surface area contributed by atoms with Gasteiger partial charge < -0.3 is 10.2 Å². The summed E-state index contributed by atoms with van der Waals surface area (Å²) in [5.74, 6) is -0.820. The van der Waals surface area contributed by atoms with E-state index >= 15 is 0 Å². The van der Waals surface area contributed by atoms with Crippen molar-refractivity contribution in [3.63, 3.8) is 0 Å². The SMILES string of the molecule is Cc1cc(O)ccc1-n1ncc(C(=O)O)c1C. The van der Waals surface area contributed by atoms with Crippen LogP contribution in [0.15, 0.2) is 24.4 Å². The predicted molar refractivity (Wildman–Crippen MR) is 61.7 cm³/mol. The maximum Gasteiger partial charge on any atom is 0.339 e. The lowest BCUT2D eigenvalue weighted by atomic mass is 10.2. The van der Waals surface area contributed by atoms with Crippen molar-refractivity contribution < 1.29 is 15.0 Å². The highest BCUT2D eigenvalue weighted by Crippen LogP contribution is 2.21. The van der Waals surface area contributed by atoms with Crippen molar-refractivity contribution >= 4 is 5.97 Å². The van der Waals surface area contributed by atoms with Gasteiger partial charge in [0.15, 0.2) is 0 Å². The number of carboxylic acids is 1. The minimum Gasteiger partial charge on any atom is -0.508 e. The van der Waals surface area contributed by atoms with E-state index in [1.807, 2.05) is 6.92 Å². The lowest BCUT2D eigenvalue weighted by molar-refractivity contribution is 0.0696. The molecular formula is C12H12N2O3. The Morgan fingerprint density at radius 1 is 1.35 bits per heavy atom. The molecule has 0 aliphatic heterocycles. The molecule has 0 fully saturated rings. The molecule has 1 aromatic heterocycles. The zero-order valence-corrected chi connectivity index (χ0v) is 9.51. The number of hydrogen-bond acceptors (Lipinski definition) is 3. The number of aromatic carboxylic acids is 1. The number of aromatic nitrogens is 2. The molecule has 0 amide bonds. The van der Waals surface area contributed by atoms with Gasteiger partial charge in [-0.15, -0.1) is 0 Å². The Labute approximate surface area is 97.9 Å². The van der Waals surface area contributed by atoms with Crippen LogP contribution in [0.1, 0.15) is 21.6 Å². The number of aryl methyl sites for hydroxylation is 1. The van der Waals surface area contributed by atoms with Crippen molar-refractivity contribution in [1.82, 2.24) is 9.78 Å². The maximum atomic E-state index is 10.9. The fourth-order valence-corrected chi connectivity index (χ4v) is 1.74. The first-order chi connectivity index (χ1) is 8.00. The number of carboxylic acid groups (broad SMARTS) is 1. The van der Waals surface area contributed by atoms with Crippen molar-refractivity contribution in [2.75, 3.05) is 0 Å². The van der Waals surface area contributed by atoms with Crippen molar-refractivity contribution in [2.24, 2.45) is 0 Å². The standard InChI is InChI=1S/C12H12N2O3/c1-7-5-9(15)3-4-11(7)14-8(2)10(6-13-14)12(16)17/h3-6,15H,1-2H3,(H,16,17). The second-order valence-corrected chi connectivity index (χ2v) is 3.83. The lowest BCUT2D eigenvalue weighted by Gasteiger charge is -2.08. The van der Waals surface area contributed by atoms with Crippen LogP contribution in [-0.2, 0) is 0 Å². The second kappa shape index (κ2) is 3.93. The van der Waals surface area contributed by atoms with E-state index in [1.54, 1.807) is 29.8 Å². The number of carbonyl (C=O) groups is 1. The number of rotatable bonds is 2. The first kappa shape index (κ1) is 11.2. The summed E-state index contributed by atoms with van der Waals surface area (Å²) in [4.78, 5) is 10.9. The van der Waals surface area contributed by atoms with Crippen LogP contribution < -0.4 is 0 Å². The van der Waals surface area contributed by atoms with Gasteiger partial charge in [-0.3, -0.25) is 0 Å². The zero-order chi connectivity index (χ0) is 12.6. The molecule has 0 radical (unpaired) electrons. The van der Waals surface area contributed by atoms with Gasteiger partial charge in [-0.1, -0.05) is 0 Å². The normalized spacial score (nSPS) is 10.5. The molecule has 0 bridgehead atoms. The smallest absolute Gasteiger partial charge is 0.339 e. The number of phenols is 1. The van der Waals surface area contributed by atoms with Crippen LogP contribution in [0.2, 0.25) is 0 Å². The summed E-state index contributed by atoms with van der Waals surface area (Å²) < 4.78 is 1.55. The Kier molecular flexibility index (Phi) is 2.59. The van der Waals surface area contributed by atoms with Gasteiger partial charge in [-0.2, -0.15) is 5.10 Å². The van der Waals surface area contributed by atoms with E-state index in [0.29, 0.717) is 5.69 Å². The molecule has 5 heteroatoms. The van der Waals surface area contributed by atoms with Crippen LogP contribution in [-0.4, -0.2) is 26.0 Å². The Bertz CT molecular complexity index is 587. The summed E-state index contributed by atoms with van der Waals surface area (Å²) >= 11 is 0. The Morgan fingerprint density at radius 2 is 2.06 bits per heavy atom. The van der Waals surface area contributed by atoms with Crippen LogP contribution in [0.25, 0.3) is 5.69 Å². The molecule has 17 heavy (non-hydrogen) atoms. The first-order valence-electron chi connectivity index (χ1n) is 5.08. The average molecular weight is 232 g/mol. The van der Waals surface area contributed by atoms with E-state index in [1.165, 1.54) is 6.20 Å². The van der Waals surface area contributed by atoms with Gasteiger partial charge in [-0.05, 0) is 37.6 Å². The summed E-state index contributed by atoms with van der Waals surface area (Å²) in [7, 11) is 0. The molecule has 0 aliphatic carbocycles. The Balaban J connectivity index is 2.57. The van der Waals surface area contributed by atoms with E-state index in [9.17, 15) is 9.90 Å².